The number of aliphatic hydroxyl groups excluding tert-OH is 1. The molecule has 1 aromatic carbocycles. The van der Waals surface area contributed by atoms with Crippen molar-refractivity contribution in [2.45, 2.75) is 26.7 Å². The van der Waals surface area contributed by atoms with Gasteiger partial charge in [-0.3, -0.25) is 9.59 Å². The lowest BCUT2D eigenvalue weighted by Gasteiger charge is -2.25. The van der Waals surface area contributed by atoms with Gasteiger partial charge in [-0.05, 0) is 35.5 Å². The molecule has 0 bridgehead atoms. The molecule has 1 N–H and O–H groups in total. The van der Waals surface area contributed by atoms with Crippen LogP contribution in [0.2, 0.25) is 0 Å². The first-order valence-corrected chi connectivity index (χ1v) is 7.97. The number of carbonyl (C=O) groups excluding carboxylic acids is 2. The summed E-state index contributed by atoms with van der Waals surface area (Å²) >= 11 is 1.12. The number of benzene rings is 1. The van der Waals surface area contributed by atoms with E-state index in [-0.39, 0.29) is 29.0 Å². The van der Waals surface area contributed by atoms with Crippen LogP contribution in [-0.4, -0.2) is 26.3 Å². The van der Waals surface area contributed by atoms with Gasteiger partial charge in [0.15, 0.2) is 5.78 Å². The molecule has 2 aromatic rings. The lowest BCUT2D eigenvalue weighted by atomic mass is 9.79. The summed E-state index contributed by atoms with van der Waals surface area (Å²) in [6.07, 6.45) is 0.682. The highest BCUT2D eigenvalue weighted by Gasteiger charge is 2.34. The van der Waals surface area contributed by atoms with E-state index in [1.54, 1.807) is 18.2 Å². The predicted molar refractivity (Wildman–Crippen MR) is 84.0 cm³/mol. The molecular formula is C16H16N2O3S. The second kappa shape index (κ2) is 5.61. The minimum atomic E-state index is -0.429. The van der Waals surface area contributed by atoms with Crippen LogP contribution in [0.1, 0.15) is 37.0 Å². The van der Waals surface area contributed by atoms with Crippen molar-refractivity contribution < 1.29 is 14.7 Å². The highest BCUT2D eigenvalue weighted by Crippen LogP contribution is 2.33. The van der Waals surface area contributed by atoms with Crippen molar-refractivity contribution in [3.63, 3.8) is 0 Å². The fraction of sp³-hybridized carbons (Fsp3) is 0.375. The Morgan fingerprint density at radius 2 is 2.14 bits per heavy atom. The molecular weight excluding hydrogens is 300 g/mol. The summed E-state index contributed by atoms with van der Waals surface area (Å²) in [5.74, 6) is -0.417. The molecule has 1 heterocycles. The number of hydrogen-bond acceptors (Lipinski definition) is 6. The van der Waals surface area contributed by atoms with E-state index < -0.39 is 5.78 Å². The van der Waals surface area contributed by atoms with E-state index in [0.717, 1.165) is 11.5 Å². The smallest absolute Gasteiger partial charge is 0.201 e. The molecule has 0 saturated carbocycles. The third-order valence-electron chi connectivity index (χ3n) is 4.16. The number of aliphatic hydroxyl groups is 1. The predicted octanol–water partition coefficient (Wildman–Crippen LogP) is 3.32. The number of hydrogen-bond donors (Lipinski definition) is 1. The molecule has 1 unspecified atom stereocenters. The highest BCUT2D eigenvalue weighted by atomic mass is 32.1. The SMILES string of the molecule is CC(C)C1CC(=O)C(C(=O)c2cccc3nnsc23)=C(O)C1. The highest BCUT2D eigenvalue weighted by molar-refractivity contribution is 7.13. The number of fused-ring (bicyclic) bond motifs is 1. The standard InChI is InChI=1S/C16H16N2O3S/c1-8(2)9-6-12(19)14(13(20)7-9)15(21)10-4-3-5-11-16(10)22-18-17-11/h3-5,8-9,19H,6-7H2,1-2H3. The Hall–Kier alpha value is -2.08. The van der Waals surface area contributed by atoms with Crippen LogP contribution in [0.25, 0.3) is 10.2 Å². The topological polar surface area (TPSA) is 80.2 Å². The monoisotopic (exact) mass is 316 g/mol. The van der Waals surface area contributed by atoms with E-state index in [2.05, 4.69) is 9.59 Å². The van der Waals surface area contributed by atoms with Crippen molar-refractivity contribution in [2.24, 2.45) is 11.8 Å². The molecule has 0 spiro atoms. The van der Waals surface area contributed by atoms with Crippen LogP contribution in [0.4, 0.5) is 0 Å². The van der Waals surface area contributed by atoms with Gasteiger partial charge in [-0.1, -0.05) is 24.4 Å². The Balaban J connectivity index is 2.03. The van der Waals surface area contributed by atoms with Crippen molar-refractivity contribution in [3.05, 3.63) is 35.1 Å². The first kappa shape index (κ1) is 14.8. The van der Waals surface area contributed by atoms with Crippen LogP contribution in [0.5, 0.6) is 0 Å². The maximum Gasteiger partial charge on any atom is 0.201 e. The minimum Gasteiger partial charge on any atom is -0.511 e. The molecule has 3 rings (SSSR count). The number of Topliss-reactive ketones (excluding diaryl/α,β-unsaturated/α-hetero) is 2. The van der Waals surface area contributed by atoms with Crippen molar-refractivity contribution in [3.8, 4) is 0 Å². The van der Waals surface area contributed by atoms with Crippen LogP contribution in [-0.2, 0) is 4.79 Å². The van der Waals surface area contributed by atoms with Gasteiger partial charge in [0.2, 0.25) is 5.78 Å². The fourth-order valence-electron chi connectivity index (χ4n) is 2.77. The molecule has 1 aliphatic carbocycles. The van der Waals surface area contributed by atoms with Crippen LogP contribution in [0, 0.1) is 11.8 Å². The maximum atomic E-state index is 12.7. The maximum absolute atomic E-state index is 12.7. The van der Waals surface area contributed by atoms with Crippen LogP contribution < -0.4 is 0 Å². The molecule has 22 heavy (non-hydrogen) atoms. The van der Waals surface area contributed by atoms with Gasteiger partial charge in [0.1, 0.15) is 16.8 Å². The van der Waals surface area contributed by atoms with Crippen molar-refractivity contribution >= 4 is 33.3 Å². The van der Waals surface area contributed by atoms with E-state index in [1.165, 1.54) is 0 Å². The van der Waals surface area contributed by atoms with E-state index in [0.29, 0.717) is 28.6 Å². The summed E-state index contributed by atoms with van der Waals surface area (Å²) in [5, 5.41) is 14.2. The Labute approximate surface area is 131 Å². The van der Waals surface area contributed by atoms with E-state index in [4.69, 9.17) is 0 Å². The van der Waals surface area contributed by atoms with Crippen molar-refractivity contribution in [1.29, 1.82) is 0 Å². The number of rotatable bonds is 3. The third kappa shape index (κ3) is 2.43. The molecule has 0 radical (unpaired) electrons. The summed E-state index contributed by atoms with van der Waals surface area (Å²) in [6, 6.07) is 5.12. The first-order valence-electron chi connectivity index (χ1n) is 7.20. The zero-order valence-electron chi connectivity index (χ0n) is 12.4. The van der Waals surface area contributed by atoms with Gasteiger partial charge >= 0.3 is 0 Å². The van der Waals surface area contributed by atoms with E-state index >= 15 is 0 Å². The number of aromatic nitrogens is 2. The van der Waals surface area contributed by atoms with Gasteiger partial charge in [-0.25, -0.2) is 0 Å². The molecule has 5 nitrogen and oxygen atoms in total. The van der Waals surface area contributed by atoms with Gasteiger partial charge in [0.05, 0.1) is 4.70 Å². The second-order valence-electron chi connectivity index (χ2n) is 5.91. The largest absolute Gasteiger partial charge is 0.511 e. The number of allylic oxidation sites excluding steroid dienone is 2. The first-order chi connectivity index (χ1) is 10.5. The van der Waals surface area contributed by atoms with E-state index in [1.807, 2.05) is 13.8 Å². The molecule has 0 fully saturated rings. The average Bonchev–Trinajstić information content (AvgIpc) is 2.94. The zero-order valence-corrected chi connectivity index (χ0v) is 13.2. The fourth-order valence-corrected chi connectivity index (χ4v) is 3.44. The van der Waals surface area contributed by atoms with Crippen molar-refractivity contribution in [2.75, 3.05) is 0 Å². The second-order valence-corrected chi connectivity index (χ2v) is 6.67. The van der Waals surface area contributed by atoms with Crippen LogP contribution in [0.15, 0.2) is 29.5 Å². The average molecular weight is 316 g/mol. The third-order valence-corrected chi connectivity index (χ3v) is 4.93. The Kier molecular flexibility index (Phi) is 3.78. The number of carbonyl (C=O) groups is 2. The lowest BCUT2D eigenvalue weighted by Crippen LogP contribution is -2.27. The zero-order chi connectivity index (χ0) is 15.9. The normalized spacial score (nSPS) is 19.2. The van der Waals surface area contributed by atoms with Gasteiger partial charge < -0.3 is 5.11 Å². The molecule has 114 valence electrons. The quantitative estimate of drug-likeness (QED) is 0.694. The minimum absolute atomic E-state index is 0.0715. The summed E-state index contributed by atoms with van der Waals surface area (Å²) in [4.78, 5) is 25.1. The molecule has 6 heteroatoms. The summed E-state index contributed by atoms with van der Waals surface area (Å²) < 4.78 is 4.48. The Morgan fingerprint density at radius 3 is 2.82 bits per heavy atom. The molecule has 0 amide bonds. The molecule has 0 saturated heterocycles. The number of ketones is 2. The molecule has 1 atom stereocenters. The Bertz CT molecular complexity index is 792. The van der Waals surface area contributed by atoms with Crippen molar-refractivity contribution in [1.82, 2.24) is 9.59 Å². The van der Waals surface area contributed by atoms with Gasteiger partial charge in [-0.15, -0.1) is 5.10 Å². The molecule has 0 aliphatic heterocycles. The van der Waals surface area contributed by atoms with Crippen LogP contribution >= 0.6 is 11.5 Å². The Morgan fingerprint density at radius 1 is 1.36 bits per heavy atom. The molecule has 1 aromatic heterocycles. The molecule has 1 aliphatic rings. The lowest BCUT2D eigenvalue weighted by molar-refractivity contribution is -0.117. The van der Waals surface area contributed by atoms with Gasteiger partial charge in [0.25, 0.3) is 0 Å². The van der Waals surface area contributed by atoms with Crippen LogP contribution in [0.3, 0.4) is 0 Å². The van der Waals surface area contributed by atoms with Gasteiger partial charge in [0, 0.05) is 18.4 Å². The van der Waals surface area contributed by atoms with E-state index in [9.17, 15) is 14.7 Å². The number of nitrogens with zero attached hydrogens (tertiary/aromatic N) is 2. The summed E-state index contributed by atoms with van der Waals surface area (Å²) in [7, 11) is 0. The summed E-state index contributed by atoms with van der Waals surface area (Å²) in [6.45, 7) is 4.03. The summed E-state index contributed by atoms with van der Waals surface area (Å²) in [5.41, 5.74) is 0.933. The van der Waals surface area contributed by atoms with Gasteiger partial charge in [-0.2, -0.15) is 0 Å².